The Morgan fingerprint density at radius 2 is 0.889 bits per heavy atom. The summed E-state index contributed by atoms with van der Waals surface area (Å²) >= 11 is 0. The molecular weight excluding hydrogens is 891 g/mol. The van der Waals surface area contributed by atoms with E-state index in [0.717, 1.165) is 0 Å². The Labute approximate surface area is 196 Å². The monoisotopic (exact) mass is 893 g/mol. The molecule has 0 aliphatic rings. The van der Waals surface area contributed by atoms with Gasteiger partial charge in [-0.25, -0.2) is 0 Å². The summed E-state index contributed by atoms with van der Waals surface area (Å²) in [5.74, 6) is 0. The summed E-state index contributed by atoms with van der Waals surface area (Å²) < 4.78 is 0. The van der Waals surface area contributed by atoms with Gasteiger partial charge in [0.15, 0.2) is 0 Å². The van der Waals surface area contributed by atoms with Crippen molar-refractivity contribution >= 4 is 0 Å². The maximum atomic E-state index is 0. The molecule has 0 N–H and O–H groups in total. The Morgan fingerprint density at radius 3 is 0.889 bits per heavy atom. The molecule has 0 fully saturated rings. The van der Waals surface area contributed by atoms with E-state index < -0.39 is 0 Å². The summed E-state index contributed by atoms with van der Waals surface area (Å²) in [4.78, 5) is 0. The van der Waals surface area contributed by atoms with Crippen molar-refractivity contribution in [2.45, 2.75) is 0 Å². The molecule has 0 aliphatic heterocycles. The fraction of sp³-hybridized carbons (Fsp3) is 0. The first-order chi connectivity index (χ1) is 0. The summed E-state index contributed by atoms with van der Waals surface area (Å²) in [6, 6.07) is 0. The molecule has 0 aromatic carbocycles. The van der Waals surface area contributed by atoms with E-state index in [-0.39, 0.29) is 202 Å². The van der Waals surface area contributed by atoms with Crippen molar-refractivity contribution in [3.8, 4) is 0 Å². The maximum Gasteiger partial charge on any atom is 0 e. The first-order valence-corrected chi connectivity index (χ1v) is 0. The molecule has 4 radical (unpaired) electrons. The minimum Gasteiger partial charge on any atom is 0 e. The molecule has 0 amide bonds. The zero-order valence-corrected chi connectivity index (χ0v) is 23.9. The molecule has 0 unspecified atom stereocenters. The Morgan fingerprint density at radius 1 is 0.889 bits per heavy atom. The van der Waals surface area contributed by atoms with Crippen LogP contribution in [-0.4, -0.2) is 0 Å². The van der Waals surface area contributed by atoms with Crippen LogP contribution in [0.5, 0.6) is 0 Å². The van der Waals surface area contributed by atoms with E-state index in [2.05, 4.69) is 0 Å². The zero-order valence-electron chi connectivity index (χ0n) is 4.14. The second-order valence-corrected chi connectivity index (χ2v) is 0. The smallest absolute Gasteiger partial charge is 0 e. The van der Waals surface area contributed by atoms with E-state index in [1.54, 1.807) is 0 Å². The van der Waals surface area contributed by atoms with E-state index in [1.807, 2.05) is 0 Å². The number of hydrogen-bond donors (Lipinski definition) is 0. The Kier molecular flexibility index (Phi) is 526. The van der Waals surface area contributed by atoms with Gasteiger partial charge in [0.25, 0.3) is 0 Å². The maximum absolute atomic E-state index is 0. The van der Waals surface area contributed by atoms with Gasteiger partial charge in [0.1, 0.15) is 0 Å². The topological polar surface area (TPSA) is 0 Å². The Balaban J connectivity index is 0. The Hall–Kier alpha value is 6.60. The van der Waals surface area contributed by atoms with Crippen LogP contribution in [0.25, 0.3) is 0 Å². The predicted molar refractivity (Wildman–Crippen MR) is 0 cm³/mol. The van der Waals surface area contributed by atoms with Crippen LogP contribution in [0.4, 0.5) is 0 Å². The van der Waals surface area contributed by atoms with Gasteiger partial charge in [-0.15, -0.1) is 0 Å². The molecule has 0 saturated carbocycles. The second-order valence-electron chi connectivity index (χ2n) is 0. The predicted octanol–water partition coefficient (Wildman–Crippen LogP) is -0.0200. The Bertz CT molecular complexity index is 26.5. The average molecular weight is 891 g/mol. The molecular formula is CrLaMoNbTaTi2VW. The molecule has 44 valence electrons. The van der Waals surface area contributed by atoms with Crippen LogP contribution in [-0.2, 0) is 166 Å². The summed E-state index contributed by atoms with van der Waals surface area (Å²) in [7, 11) is 0. The molecule has 9 heavy (non-hydrogen) atoms. The largest absolute Gasteiger partial charge is 0 e. The fourth-order valence-electron chi connectivity index (χ4n) is 0. The van der Waals surface area contributed by atoms with Crippen molar-refractivity contribution in [1.82, 2.24) is 0 Å². The number of hydrogen-bond acceptors (Lipinski definition) is 0. The van der Waals surface area contributed by atoms with Crippen molar-refractivity contribution in [2.75, 3.05) is 0 Å². The molecule has 0 nitrogen and oxygen atoms in total. The van der Waals surface area contributed by atoms with Crippen molar-refractivity contribution in [3.05, 3.63) is 0 Å². The van der Waals surface area contributed by atoms with Crippen LogP contribution in [0.15, 0.2) is 0 Å². The molecule has 9 heteroatoms. The standard InChI is InChI=1S/Cr.La.Mo.Nb.Ta.2Ti.V.W. The first kappa shape index (κ1) is 76.4. The van der Waals surface area contributed by atoms with Gasteiger partial charge >= 0.3 is 0 Å². The van der Waals surface area contributed by atoms with Crippen LogP contribution in [0, 0.1) is 35.6 Å². The van der Waals surface area contributed by atoms with Crippen molar-refractivity contribution in [1.29, 1.82) is 0 Å². The molecule has 0 rings (SSSR count). The third-order valence-corrected chi connectivity index (χ3v) is 0. The van der Waals surface area contributed by atoms with Gasteiger partial charge < -0.3 is 0 Å². The van der Waals surface area contributed by atoms with Crippen LogP contribution in [0.2, 0.25) is 0 Å². The fourth-order valence-corrected chi connectivity index (χ4v) is 0. The summed E-state index contributed by atoms with van der Waals surface area (Å²) in [6.45, 7) is 0. The summed E-state index contributed by atoms with van der Waals surface area (Å²) in [5, 5.41) is 0. The van der Waals surface area contributed by atoms with Crippen molar-refractivity contribution in [3.63, 3.8) is 0 Å². The number of rotatable bonds is 0. The van der Waals surface area contributed by atoms with E-state index in [1.165, 1.54) is 0 Å². The van der Waals surface area contributed by atoms with Crippen molar-refractivity contribution in [2.24, 2.45) is 0 Å². The SMILES string of the molecule is [Cr].[La].[Mo].[Nb].[Ta].[Ti].[Ti].[V].[W]. The minimum absolute atomic E-state index is 0. The van der Waals surface area contributed by atoms with Crippen LogP contribution >= 0.6 is 0 Å². The molecule has 0 aromatic heterocycles. The zero-order chi connectivity index (χ0) is 0. The van der Waals surface area contributed by atoms with Crippen LogP contribution < -0.4 is 0 Å². The van der Waals surface area contributed by atoms with Gasteiger partial charge in [-0.1, -0.05) is 0 Å². The third kappa shape index (κ3) is 53.2. The van der Waals surface area contributed by atoms with Gasteiger partial charge in [0.05, 0.1) is 0 Å². The molecule has 0 aliphatic carbocycles. The van der Waals surface area contributed by atoms with E-state index in [0.29, 0.717) is 0 Å². The minimum atomic E-state index is 0. The molecule has 0 spiro atoms. The van der Waals surface area contributed by atoms with Crippen LogP contribution in [0.1, 0.15) is 0 Å². The summed E-state index contributed by atoms with van der Waals surface area (Å²) in [5.41, 5.74) is 0. The normalized spacial score (nSPS) is 0. The second kappa shape index (κ2) is 62.0. The average Bonchev–Trinajstić information content (AvgIpc) is 0. The van der Waals surface area contributed by atoms with E-state index in [9.17, 15) is 0 Å². The van der Waals surface area contributed by atoms with Crippen molar-refractivity contribution < 1.29 is 202 Å². The third-order valence-electron chi connectivity index (χ3n) is 0. The van der Waals surface area contributed by atoms with Crippen LogP contribution in [0.3, 0.4) is 0 Å². The van der Waals surface area contributed by atoms with Gasteiger partial charge in [-0.3, -0.25) is 0 Å². The molecule has 0 atom stereocenters. The molecule has 0 heterocycles. The first-order valence-electron chi connectivity index (χ1n) is 0. The quantitative estimate of drug-likeness (QED) is 0.301. The summed E-state index contributed by atoms with van der Waals surface area (Å²) in [6.07, 6.45) is 0. The van der Waals surface area contributed by atoms with Gasteiger partial charge in [-0.05, 0) is 0 Å². The van der Waals surface area contributed by atoms with Gasteiger partial charge in [0, 0.05) is 202 Å². The molecule has 0 bridgehead atoms. The molecule has 0 saturated heterocycles. The molecule has 0 aromatic rings. The van der Waals surface area contributed by atoms with Gasteiger partial charge in [0.2, 0.25) is 0 Å². The van der Waals surface area contributed by atoms with E-state index in [4.69, 9.17) is 0 Å². The van der Waals surface area contributed by atoms with Gasteiger partial charge in [-0.2, -0.15) is 0 Å². The van der Waals surface area contributed by atoms with E-state index >= 15 is 0 Å².